The summed E-state index contributed by atoms with van der Waals surface area (Å²) in [6.45, 7) is 0.335. The van der Waals surface area contributed by atoms with Gasteiger partial charge in [0.15, 0.2) is 0 Å². The van der Waals surface area contributed by atoms with Crippen LogP contribution in [0.15, 0.2) is 0 Å². The van der Waals surface area contributed by atoms with E-state index in [0.29, 0.717) is 12.4 Å². The zero-order chi connectivity index (χ0) is 4.12. The van der Waals surface area contributed by atoms with Crippen LogP contribution in [0.3, 0.4) is 0 Å². The normalized spacial score (nSPS) is 6.40. The van der Waals surface area contributed by atoms with Crippen LogP contribution in [0.1, 0.15) is 0 Å². The van der Waals surface area contributed by atoms with Gasteiger partial charge in [0.25, 0.3) is 0 Å². The van der Waals surface area contributed by atoms with E-state index in [1.807, 2.05) is 0 Å². The second kappa shape index (κ2) is 3.71. The Kier molecular flexibility index (Phi) is 3.49. The minimum absolute atomic E-state index is 0.335. The molecule has 0 aromatic heterocycles. The summed E-state index contributed by atoms with van der Waals surface area (Å²) in [5.74, 6) is 0.399. The molecule has 0 aliphatic heterocycles. The second-order valence-electron chi connectivity index (χ2n) is 0.554. The summed E-state index contributed by atoms with van der Waals surface area (Å²) in [6.07, 6.45) is 0. The average molecular weight is 91.5 g/mol. The summed E-state index contributed by atoms with van der Waals surface area (Å²) in [6, 6.07) is 0. The van der Waals surface area contributed by atoms with E-state index in [2.05, 4.69) is 4.98 Å². The molecule has 0 spiro atoms. The van der Waals surface area contributed by atoms with E-state index in [9.17, 15) is 0 Å². The predicted octanol–water partition coefficient (Wildman–Crippen LogP) is 1.08. The standard InChI is InChI=1S/C2H4ClN2/c3-1-2-5-4/h1-2H2/q+1. The molecule has 0 saturated carbocycles. The van der Waals surface area contributed by atoms with E-state index >= 15 is 0 Å². The number of nitrogens with zero attached hydrogens (tertiary/aromatic N) is 2. The Bertz CT molecular complexity index is 46.1. The lowest BCUT2D eigenvalue weighted by atomic mass is 10.8. The Labute approximate surface area is 35.4 Å². The van der Waals surface area contributed by atoms with E-state index in [1.54, 1.807) is 0 Å². The van der Waals surface area contributed by atoms with Crippen LogP contribution in [-0.4, -0.2) is 12.4 Å². The molecule has 0 bridgehead atoms. The first-order valence-electron chi connectivity index (χ1n) is 1.28. The topological polar surface area (TPSA) is 28.1 Å². The average Bonchev–Trinajstić information content (AvgIpc) is 1.41. The Hall–Kier alpha value is -0.290. The lowest BCUT2D eigenvalue weighted by Gasteiger charge is -1.51. The Morgan fingerprint density at radius 1 is 1.80 bits per heavy atom. The van der Waals surface area contributed by atoms with E-state index in [0.717, 1.165) is 0 Å². The van der Waals surface area contributed by atoms with Gasteiger partial charge in [-0.25, -0.2) is 0 Å². The fourth-order valence-corrected chi connectivity index (χ4v) is 0.113. The molecule has 28 valence electrons. The van der Waals surface area contributed by atoms with E-state index in [-0.39, 0.29) is 0 Å². The number of hydrogen-bond donors (Lipinski definition) is 0. The first kappa shape index (κ1) is 4.71. The molecule has 0 aliphatic rings. The number of diazo groups is 1. The smallest absolute Gasteiger partial charge is 0.118 e. The Morgan fingerprint density at radius 2 is 2.40 bits per heavy atom. The van der Waals surface area contributed by atoms with Crippen LogP contribution in [0.5, 0.6) is 0 Å². The van der Waals surface area contributed by atoms with Crippen LogP contribution in [0, 0.1) is 5.39 Å². The molecule has 0 fully saturated rings. The van der Waals surface area contributed by atoms with Crippen molar-refractivity contribution < 1.29 is 0 Å². The van der Waals surface area contributed by atoms with Crippen molar-refractivity contribution in [3.8, 4) is 0 Å². The summed E-state index contributed by atoms with van der Waals surface area (Å²) >= 11 is 5.05. The number of alkyl halides is 1. The summed E-state index contributed by atoms with van der Waals surface area (Å²) in [4.78, 5) is 2.72. The van der Waals surface area contributed by atoms with Crippen molar-refractivity contribution in [2.45, 2.75) is 0 Å². The quantitative estimate of drug-likeness (QED) is 0.351. The maximum atomic E-state index is 7.61. The number of halogens is 1. The monoisotopic (exact) mass is 91.0 g/mol. The van der Waals surface area contributed by atoms with Crippen LogP contribution in [-0.2, 0) is 0 Å². The van der Waals surface area contributed by atoms with Gasteiger partial charge in [-0.15, -0.1) is 11.6 Å². The second-order valence-corrected chi connectivity index (χ2v) is 0.932. The van der Waals surface area contributed by atoms with Gasteiger partial charge in [0.05, 0.1) is 0 Å². The van der Waals surface area contributed by atoms with Crippen LogP contribution in [0.2, 0.25) is 0 Å². The van der Waals surface area contributed by atoms with Crippen molar-refractivity contribution in [2.75, 3.05) is 12.4 Å². The van der Waals surface area contributed by atoms with Gasteiger partial charge in [-0.3, -0.25) is 0 Å². The lowest BCUT2D eigenvalue weighted by molar-refractivity contribution is 1.26. The van der Waals surface area contributed by atoms with Gasteiger partial charge in [0, 0.05) is 0 Å². The SMILES string of the molecule is N#[N+]CCCl. The zero-order valence-electron chi connectivity index (χ0n) is 2.69. The molecule has 0 aromatic carbocycles. The number of rotatable bonds is 1. The van der Waals surface area contributed by atoms with Gasteiger partial charge in [-0.2, -0.15) is 0 Å². The molecule has 0 saturated heterocycles. The van der Waals surface area contributed by atoms with E-state index in [1.165, 1.54) is 0 Å². The van der Waals surface area contributed by atoms with Crippen LogP contribution in [0.25, 0.3) is 4.98 Å². The minimum atomic E-state index is 0.335. The number of hydrogen-bond acceptors (Lipinski definition) is 1. The highest BCUT2D eigenvalue weighted by atomic mass is 35.5. The van der Waals surface area contributed by atoms with Gasteiger partial charge < -0.3 is 0 Å². The molecule has 0 heterocycles. The molecule has 0 unspecified atom stereocenters. The zero-order valence-corrected chi connectivity index (χ0v) is 3.44. The van der Waals surface area contributed by atoms with E-state index in [4.69, 9.17) is 17.0 Å². The third kappa shape index (κ3) is 3.71. The molecular formula is C2H4ClN2+. The highest BCUT2D eigenvalue weighted by Gasteiger charge is 1.82. The molecule has 0 rings (SSSR count). The van der Waals surface area contributed by atoms with Gasteiger partial charge in [0.1, 0.15) is 10.9 Å². The molecular weight excluding hydrogens is 87.5 g/mol. The highest BCUT2D eigenvalue weighted by Crippen LogP contribution is 1.71. The molecule has 0 radical (unpaired) electrons. The Morgan fingerprint density at radius 3 is 2.40 bits per heavy atom. The van der Waals surface area contributed by atoms with Crippen LogP contribution in [0.4, 0.5) is 0 Å². The van der Waals surface area contributed by atoms with Crippen molar-refractivity contribution in [1.82, 2.24) is 0 Å². The summed E-state index contributed by atoms with van der Waals surface area (Å²) in [5.41, 5.74) is 0. The van der Waals surface area contributed by atoms with Gasteiger partial charge in [0.2, 0.25) is 5.39 Å². The van der Waals surface area contributed by atoms with Crippen molar-refractivity contribution in [2.24, 2.45) is 0 Å². The minimum Gasteiger partial charge on any atom is -0.118 e. The molecule has 3 heteroatoms. The third-order valence-electron chi connectivity index (χ3n) is 0.185. The van der Waals surface area contributed by atoms with Gasteiger partial charge >= 0.3 is 6.54 Å². The molecule has 2 nitrogen and oxygen atoms in total. The Balaban J connectivity index is 2.48. The van der Waals surface area contributed by atoms with Gasteiger partial charge in [-0.1, -0.05) is 0 Å². The van der Waals surface area contributed by atoms with Crippen LogP contribution >= 0.6 is 11.6 Å². The fourth-order valence-electron chi connectivity index (χ4n) is 0.0378. The van der Waals surface area contributed by atoms with Crippen LogP contribution < -0.4 is 0 Å². The van der Waals surface area contributed by atoms with Crippen molar-refractivity contribution >= 4 is 11.6 Å². The largest absolute Gasteiger partial charge is 0.318 e. The molecule has 0 N–H and O–H groups in total. The molecule has 0 atom stereocenters. The summed E-state index contributed by atoms with van der Waals surface area (Å²) < 4.78 is 0. The molecule has 0 amide bonds. The molecule has 0 aliphatic carbocycles. The van der Waals surface area contributed by atoms with E-state index < -0.39 is 0 Å². The predicted molar refractivity (Wildman–Crippen MR) is 20.7 cm³/mol. The van der Waals surface area contributed by atoms with Crippen molar-refractivity contribution in [3.63, 3.8) is 0 Å². The lowest BCUT2D eigenvalue weighted by Crippen LogP contribution is -1.69. The maximum absolute atomic E-state index is 7.61. The van der Waals surface area contributed by atoms with Gasteiger partial charge in [-0.05, 0) is 0 Å². The fraction of sp³-hybridized carbons (Fsp3) is 1.00. The maximum Gasteiger partial charge on any atom is 0.318 e. The summed E-state index contributed by atoms with van der Waals surface area (Å²) in [7, 11) is 0. The van der Waals surface area contributed by atoms with Crippen molar-refractivity contribution in [1.29, 1.82) is 5.39 Å². The summed E-state index contributed by atoms with van der Waals surface area (Å²) in [5, 5.41) is 7.61. The molecule has 0 aromatic rings. The highest BCUT2D eigenvalue weighted by molar-refractivity contribution is 6.18. The first-order valence-corrected chi connectivity index (χ1v) is 1.82. The third-order valence-corrected chi connectivity index (χ3v) is 0.354. The van der Waals surface area contributed by atoms with Crippen molar-refractivity contribution in [3.05, 3.63) is 4.98 Å². The molecule has 5 heavy (non-hydrogen) atoms. The first-order chi connectivity index (χ1) is 2.41.